The van der Waals surface area contributed by atoms with Gasteiger partial charge in [-0.2, -0.15) is 0 Å². The zero-order chi connectivity index (χ0) is 9.14. The second kappa shape index (κ2) is 3.99. The van der Waals surface area contributed by atoms with E-state index < -0.39 is 0 Å². The van der Waals surface area contributed by atoms with Crippen LogP contribution in [0.15, 0.2) is 10.5 Å². The Hall–Kier alpha value is -0.440. The van der Waals surface area contributed by atoms with Crippen LogP contribution < -0.4 is 0 Å². The lowest BCUT2D eigenvalue weighted by atomic mass is 10.1. The Morgan fingerprint density at radius 3 is 2.83 bits per heavy atom. The van der Waals surface area contributed by atoms with E-state index in [-0.39, 0.29) is 12.1 Å². The second-order valence-electron chi connectivity index (χ2n) is 3.10. The molecule has 1 aliphatic rings. The van der Waals surface area contributed by atoms with Crippen LogP contribution in [0.2, 0.25) is 0 Å². The van der Waals surface area contributed by atoms with Crippen LogP contribution >= 0.6 is 12.6 Å². The monoisotopic (exact) mass is 186 g/mol. The normalized spacial score (nSPS) is 27.2. The van der Waals surface area contributed by atoms with E-state index in [1.165, 1.54) is 0 Å². The van der Waals surface area contributed by atoms with Crippen LogP contribution in [-0.4, -0.2) is 12.1 Å². The summed E-state index contributed by atoms with van der Waals surface area (Å²) in [6.07, 6.45) is 2.65. The third kappa shape index (κ3) is 2.03. The van der Waals surface area contributed by atoms with Crippen LogP contribution in [0.25, 0.3) is 0 Å². The van der Waals surface area contributed by atoms with Crippen LogP contribution in [0.5, 0.6) is 0 Å². The molecule has 68 valence electrons. The summed E-state index contributed by atoms with van der Waals surface area (Å²) < 4.78 is 5.00. The molecule has 0 saturated carbocycles. The highest BCUT2D eigenvalue weighted by atomic mass is 32.1. The lowest BCUT2D eigenvalue weighted by molar-refractivity contribution is -0.138. The summed E-state index contributed by atoms with van der Waals surface area (Å²) in [6.45, 7) is 3.97. The van der Waals surface area contributed by atoms with E-state index >= 15 is 0 Å². The molecule has 1 rings (SSSR count). The van der Waals surface area contributed by atoms with Gasteiger partial charge in [0.05, 0.1) is 5.57 Å². The molecule has 1 atom stereocenters. The van der Waals surface area contributed by atoms with Crippen molar-refractivity contribution >= 4 is 18.6 Å². The van der Waals surface area contributed by atoms with Crippen molar-refractivity contribution in [1.29, 1.82) is 0 Å². The standard InChI is InChI=1S/C9H14O2S/c1-3-4-8(12)7-5-6(2)11-9(7)10/h6,12H,3-5H2,1-2H3/b8-7-. The average Bonchev–Trinajstić information content (AvgIpc) is 2.30. The van der Waals surface area contributed by atoms with Crippen LogP contribution in [0, 0.1) is 0 Å². The molecule has 1 fully saturated rings. The number of ether oxygens (including phenoxy) is 1. The first-order valence-corrected chi connectivity index (χ1v) is 4.71. The molecule has 0 radical (unpaired) electrons. The minimum absolute atomic E-state index is 0.0338. The largest absolute Gasteiger partial charge is 0.459 e. The van der Waals surface area contributed by atoms with E-state index in [2.05, 4.69) is 19.6 Å². The van der Waals surface area contributed by atoms with Crippen molar-refractivity contribution in [2.75, 3.05) is 0 Å². The maximum Gasteiger partial charge on any atom is 0.335 e. The molecule has 1 heterocycles. The molecule has 12 heavy (non-hydrogen) atoms. The Morgan fingerprint density at radius 1 is 1.75 bits per heavy atom. The number of carbonyl (C=O) groups is 1. The second-order valence-corrected chi connectivity index (χ2v) is 3.64. The van der Waals surface area contributed by atoms with Crippen LogP contribution in [0.4, 0.5) is 0 Å². The highest BCUT2D eigenvalue weighted by molar-refractivity contribution is 7.84. The molecule has 0 N–H and O–H groups in total. The Kier molecular flexibility index (Phi) is 3.20. The van der Waals surface area contributed by atoms with Gasteiger partial charge in [0.25, 0.3) is 0 Å². The molecule has 3 heteroatoms. The highest BCUT2D eigenvalue weighted by Gasteiger charge is 2.27. The number of esters is 1. The van der Waals surface area contributed by atoms with E-state index in [4.69, 9.17) is 4.74 Å². The minimum atomic E-state index is -0.180. The number of cyclic esters (lactones) is 1. The van der Waals surface area contributed by atoms with Gasteiger partial charge in [-0.05, 0) is 18.2 Å². The van der Waals surface area contributed by atoms with Crippen LogP contribution in [0.1, 0.15) is 33.1 Å². The smallest absolute Gasteiger partial charge is 0.335 e. The third-order valence-corrected chi connectivity index (χ3v) is 2.37. The Morgan fingerprint density at radius 2 is 2.42 bits per heavy atom. The van der Waals surface area contributed by atoms with Crippen LogP contribution in [0.3, 0.4) is 0 Å². The predicted molar refractivity (Wildman–Crippen MR) is 51.1 cm³/mol. The van der Waals surface area contributed by atoms with Gasteiger partial charge in [-0.1, -0.05) is 13.3 Å². The van der Waals surface area contributed by atoms with Gasteiger partial charge in [0, 0.05) is 6.42 Å². The summed E-state index contributed by atoms with van der Waals surface area (Å²) >= 11 is 4.28. The van der Waals surface area contributed by atoms with Crippen molar-refractivity contribution < 1.29 is 9.53 Å². The fourth-order valence-corrected chi connectivity index (χ4v) is 1.70. The molecule has 2 nitrogen and oxygen atoms in total. The van der Waals surface area contributed by atoms with Gasteiger partial charge in [0.2, 0.25) is 0 Å². The average molecular weight is 186 g/mol. The predicted octanol–water partition coefficient (Wildman–Crippen LogP) is 2.31. The molecule has 0 aromatic heterocycles. The van der Waals surface area contributed by atoms with E-state index in [0.717, 1.165) is 29.7 Å². The maximum absolute atomic E-state index is 11.2. The molecule has 1 saturated heterocycles. The fraction of sp³-hybridized carbons (Fsp3) is 0.667. The molecule has 0 aliphatic carbocycles. The summed E-state index contributed by atoms with van der Waals surface area (Å²) in [5, 5.41) is 0. The van der Waals surface area contributed by atoms with Crippen molar-refractivity contribution in [3.05, 3.63) is 10.5 Å². The number of rotatable bonds is 2. The molecule has 0 amide bonds. The highest BCUT2D eigenvalue weighted by Crippen LogP contribution is 2.27. The summed E-state index contributed by atoms with van der Waals surface area (Å²) in [7, 11) is 0. The van der Waals surface area contributed by atoms with Gasteiger partial charge in [0.1, 0.15) is 6.10 Å². The summed E-state index contributed by atoms with van der Waals surface area (Å²) in [5.74, 6) is -0.180. The third-order valence-electron chi connectivity index (χ3n) is 1.88. The molecule has 0 aromatic carbocycles. The quantitative estimate of drug-likeness (QED) is 0.407. The summed E-state index contributed by atoms with van der Waals surface area (Å²) in [6, 6.07) is 0. The van der Waals surface area contributed by atoms with Crippen molar-refractivity contribution in [2.45, 2.75) is 39.2 Å². The van der Waals surface area contributed by atoms with Crippen molar-refractivity contribution in [3.8, 4) is 0 Å². The summed E-state index contributed by atoms with van der Waals surface area (Å²) in [5.41, 5.74) is 0.771. The van der Waals surface area contributed by atoms with E-state index in [0.29, 0.717) is 0 Å². The number of hydrogen-bond acceptors (Lipinski definition) is 3. The van der Waals surface area contributed by atoms with Crippen molar-refractivity contribution in [1.82, 2.24) is 0 Å². The van der Waals surface area contributed by atoms with Gasteiger partial charge in [-0.15, -0.1) is 12.6 Å². The van der Waals surface area contributed by atoms with E-state index in [1.54, 1.807) is 0 Å². The Bertz CT molecular complexity index is 221. The van der Waals surface area contributed by atoms with Gasteiger partial charge < -0.3 is 4.74 Å². The molecule has 1 unspecified atom stereocenters. The first-order valence-electron chi connectivity index (χ1n) is 4.27. The maximum atomic E-state index is 11.2. The molecule has 0 aromatic rings. The van der Waals surface area contributed by atoms with Gasteiger partial charge in [-0.3, -0.25) is 0 Å². The van der Waals surface area contributed by atoms with Crippen LogP contribution in [-0.2, 0) is 9.53 Å². The molecule has 1 aliphatic heterocycles. The zero-order valence-corrected chi connectivity index (χ0v) is 8.36. The number of thiol groups is 1. The molecular formula is C9H14O2S. The number of carbonyl (C=O) groups excluding carboxylic acids is 1. The minimum Gasteiger partial charge on any atom is -0.459 e. The lowest BCUT2D eigenvalue weighted by Gasteiger charge is -1.98. The topological polar surface area (TPSA) is 26.3 Å². The van der Waals surface area contributed by atoms with Crippen molar-refractivity contribution in [3.63, 3.8) is 0 Å². The van der Waals surface area contributed by atoms with E-state index in [9.17, 15) is 4.79 Å². The van der Waals surface area contributed by atoms with Gasteiger partial charge >= 0.3 is 5.97 Å². The SMILES string of the molecule is CCC/C(S)=C1\CC(C)OC1=O. The Balaban J connectivity index is 2.73. The van der Waals surface area contributed by atoms with Gasteiger partial charge in [-0.25, -0.2) is 4.79 Å². The fourth-order valence-electron chi connectivity index (χ4n) is 1.29. The zero-order valence-electron chi connectivity index (χ0n) is 7.46. The number of allylic oxidation sites excluding steroid dienone is 1. The van der Waals surface area contributed by atoms with Crippen molar-refractivity contribution in [2.24, 2.45) is 0 Å². The van der Waals surface area contributed by atoms with Gasteiger partial charge in [0.15, 0.2) is 0 Å². The molecular weight excluding hydrogens is 172 g/mol. The molecule has 0 bridgehead atoms. The number of hydrogen-bond donors (Lipinski definition) is 1. The first-order chi connectivity index (χ1) is 5.65. The lowest BCUT2D eigenvalue weighted by Crippen LogP contribution is -2.00. The first kappa shape index (κ1) is 9.65. The summed E-state index contributed by atoms with van der Waals surface area (Å²) in [4.78, 5) is 12.1. The Labute approximate surface area is 78.4 Å². The van der Waals surface area contributed by atoms with E-state index in [1.807, 2.05) is 6.92 Å². The molecule has 0 spiro atoms.